The summed E-state index contributed by atoms with van der Waals surface area (Å²) in [6.07, 6.45) is 18.6. The Balaban J connectivity index is 0.625. The summed E-state index contributed by atoms with van der Waals surface area (Å²) in [4.78, 5) is 37.1. The van der Waals surface area contributed by atoms with Gasteiger partial charge in [-0.3, -0.25) is 9.59 Å². The normalized spacial score (nSPS) is 24.1. The van der Waals surface area contributed by atoms with Crippen LogP contribution >= 0.6 is 21.6 Å². The maximum absolute atomic E-state index is 13.5. The molecule has 0 spiro atoms. The van der Waals surface area contributed by atoms with Crippen molar-refractivity contribution in [2.45, 2.75) is 101 Å². The van der Waals surface area contributed by atoms with E-state index >= 15 is 0 Å². The molecule has 2 atom stereocenters. The van der Waals surface area contributed by atoms with Gasteiger partial charge in [0, 0.05) is 109 Å². The van der Waals surface area contributed by atoms with E-state index in [2.05, 4.69) is 131 Å². The van der Waals surface area contributed by atoms with Gasteiger partial charge in [-0.15, -0.1) is 0 Å². The van der Waals surface area contributed by atoms with Gasteiger partial charge in [-0.05, 0) is 169 Å². The number of hydrogen-bond donors (Lipinski definition) is 2. The van der Waals surface area contributed by atoms with E-state index in [1.807, 2.05) is 12.1 Å². The smallest absolute Gasteiger partial charge is 0.251 e. The maximum Gasteiger partial charge on any atom is 0.251 e. The van der Waals surface area contributed by atoms with Crippen LogP contribution in [0.3, 0.4) is 0 Å². The summed E-state index contributed by atoms with van der Waals surface area (Å²) in [5.41, 5.74) is 15.4. The Morgan fingerprint density at radius 3 is 1.33 bits per heavy atom. The van der Waals surface area contributed by atoms with Gasteiger partial charge in [0.1, 0.15) is 0 Å². The number of anilines is 4. The number of carbonyl (C=O) groups excluding carboxylic acids is 2. The topological polar surface area (TPSA) is 89.6 Å². The molecule has 2 fully saturated rings. The summed E-state index contributed by atoms with van der Waals surface area (Å²) in [7, 11) is 3.43. The molecule has 8 heterocycles. The largest absolute Gasteiger partial charge is 0.371 e. The zero-order chi connectivity index (χ0) is 47.8. The number of rotatable bonds is 13. The number of amides is 2. The van der Waals surface area contributed by atoms with Crippen LogP contribution in [-0.4, -0.2) is 100 Å². The highest BCUT2D eigenvalue weighted by Gasteiger charge is 2.60. The molecule has 4 aromatic carbocycles. The van der Waals surface area contributed by atoms with Crippen LogP contribution in [0.2, 0.25) is 0 Å². The predicted molar refractivity (Wildman–Crippen MR) is 289 cm³/mol. The van der Waals surface area contributed by atoms with Crippen molar-refractivity contribution in [1.29, 1.82) is 0 Å². The minimum Gasteiger partial charge on any atom is -0.371 e. The Morgan fingerprint density at radius 1 is 0.557 bits per heavy atom. The average Bonchev–Trinajstić information content (AvgIpc) is 4.10. The SMILES string of the molecule is CC1(C)c2cc(C(=O)NCCSSCCNC(=O)c3ccc4c(c3)C(C)(C)C3(/C=C/c5cc6c7c(c5)CCCN7CCC6)OCCN43)ccc2N2CCOC21/C=C/c1cc2c3c(c1)CCCN3CCC2. The lowest BCUT2D eigenvalue weighted by Gasteiger charge is -2.40. The van der Waals surface area contributed by atoms with E-state index in [1.165, 1.54) is 96.6 Å². The van der Waals surface area contributed by atoms with Crippen LogP contribution in [0.1, 0.15) is 119 Å². The van der Waals surface area contributed by atoms with Gasteiger partial charge in [-0.1, -0.05) is 61.4 Å². The monoisotopic (exact) mass is 976 g/mol. The van der Waals surface area contributed by atoms with Gasteiger partial charge in [-0.2, -0.15) is 0 Å². The van der Waals surface area contributed by atoms with Gasteiger partial charge in [0.25, 0.3) is 11.8 Å². The fourth-order valence-corrected chi connectivity index (χ4v) is 15.4. The second kappa shape index (κ2) is 18.0. The number of nitrogens with zero attached hydrogens (tertiary/aromatic N) is 4. The van der Waals surface area contributed by atoms with Crippen molar-refractivity contribution in [2.24, 2.45) is 0 Å². The summed E-state index contributed by atoms with van der Waals surface area (Å²) < 4.78 is 13.4. The van der Waals surface area contributed by atoms with Crippen molar-refractivity contribution in [3.8, 4) is 0 Å². The van der Waals surface area contributed by atoms with Crippen LogP contribution in [0.4, 0.5) is 22.7 Å². The van der Waals surface area contributed by atoms with Gasteiger partial charge < -0.3 is 39.7 Å². The Bertz CT molecular complexity index is 2570. The lowest BCUT2D eigenvalue weighted by molar-refractivity contribution is 0.000267. The van der Waals surface area contributed by atoms with E-state index in [4.69, 9.17) is 9.47 Å². The molecule has 8 aliphatic heterocycles. The average molecular weight is 977 g/mol. The molecule has 4 aromatic rings. The number of aryl methyl sites for hydroxylation is 4. The van der Waals surface area contributed by atoms with Crippen LogP contribution in [0, 0.1) is 0 Å². The molecule has 0 bridgehead atoms. The standard InChI is InChI=1S/C58H68N6O4S2/c1-55(2)47-37-45(13-15-49(47)63-27-29-67-57(55,63)19-17-39-33-41-9-5-23-61-24-6-10-42(34-39)51(41)61)53(65)59-21-31-69-70-32-22-60-54(66)46-14-16-50-48(38-46)56(3,4)58(64(50)28-30-68-58)20-18-40-35-43-11-7-25-62-26-8-12-44(36-40)52(43)62/h13-20,33-38H,5-12,21-32H2,1-4H3,(H,59,65)(H,60,66)/b19-17+,20-18+. The first-order chi connectivity index (χ1) is 34.0. The molecular formula is C58H68N6O4S2. The first-order valence-corrected chi connectivity index (χ1v) is 28.6. The van der Waals surface area contributed by atoms with Crippen molar-refractivity contribution in [3.05, 3.63) is 128 Å². The summed E-state index contributed by atoms with van der Waals surface area (Å²) in [5.74, 6) is 1.40. The molecule has 2 N–H and O–H groups in total. The lowest BCUT2D eigenvalue weighted by Crippen LogP contribution is -2.51. The van der Waals surface area contributed by atoms with Gasteiger partial charge in [0.2, 0.25) is 0 Å². The summed E-state index contributed by atoms with van der Waals surface area (Å²) >= 11 is 0. The maximum atomic E-state index is 13.5. The third-order valence-electron chi connectivity index (χ3n) is 17.1. The number of fused-ring (bicyclic) bond motifs is 6. The molecule has 12 heteroatoms. The lowest BCUT2D eigenvalue weighted by atomic mass is 9.76. The van der Waals surface area contributed by atoms with E-state index in [0.29, 0.717) is 37.4 Å². The Hall–Kier alpha value is -4.88. The molecular weight excluding hydrogens is 909 g/mol. The second-order valence-electron chi connectivity index (χ2n) is 21.7. The van der Waals surface area contributed by atoms with Crippen molar-refractivity contribution in [3.63, 3.8) is 0 Å². The molecule has 0 saturated carbocycles. The van der Waals surface area contributed by atoms with E-state index in [0.717, 1.165) is 72.8 Å². The summed E-state index contributed by atoms with van der Waals surface area (Å²) in [5, 5.41) is 6.31. The minimum absolute atomic E-state index is 0.0622. The van der Waals surface area contributed by atoms with Gasteiger partial charge in [0.05, 0.1) is 13.2 Å². The van der Waals surface area contributed by atoms with Crippen molar-refractivity contribution in [1.82, 2.24) is 10.6 Å². The molecule has 2 unspecified atom stereocenters. The van der Waals surface area contributed by atoms with Gasteiger partial charge in [0.15, 0.2) is 11.4 Å². The minimum atomic E-state index is -0.621. The Labute approximate surface area is 422 Å². The third-order valence-corrected chi connectivity index (χ3v) is 19.5. The van der Waals surface area contributed by atoms with Gasteiger partial charge in [-0.25, -0.2) is 0 Å². The summed E-state index contributed by atoms with van der Waals surface area (Å²) in [6, 6.07) is 21.9. The third kappa shape index (κ3) is 7.51. The quantitative estimate of drug-likeness (QED) is 0.0998. The number of benzene rings is 4. The molecule has 0 aliphatic carbocycles. The van der Waals surface area contributed by atoms with E-state index in [-0.39, 0.29) is 22.6 Å². The highest BCUT2D eigenvalue weighted by atomic mass is 33.1. The first-order valence-electron chi connectivity index (χ1n) is 26.1. The number of nitrogens with one attached hydrogen (secondary N) is 2. The van der Waals surface area contributed by atoms with E-state index in [9.17, 15) is 9.59 Å². The van der Waals surface area contributed by atoms with Crippen molar-refractivity contribution >= 4 is 68.3 Å². The van der Waals surface area contributed by atoms with Crippen LogP contribution in [0.15, 0.2) is 72.8 Å². The van der Waals surface area contributed by atoms with Crippen LogP contribution in [0.5, 0.6) is 0 Å². The molecule has 12 rings (SSSR count). The number of carbonyl (C=O) groups is 2. The molecule has 8 aliphatic rings. The van der Waals surface area contributed by atoms with Crippen molar-refractivity contribution < 1.29 is 19.1 Å². The molecule has 366 valence electrons. The zero-order valence-corrected chi connectivity index (χ0v) is 43.1. The van der Waals surface area contributed by atoms with E-state index in [1.54, 1.807) is 21.6 Å². The van der Waals surface area contributed by atoms with Gasteiger partial charge >= 0.3 is 0 Å². The fourth-order valence-electron chi connectivity index (χ4n) is 13.6. The molecule has 0 aromatic heterocycles. The zero-order valence-electron chi connectivity index (χ0n) is 41.5. The summed E-state index contributed by atoms with van der Waals surface area (Å²) in [6.45, 7) is 17.8. The molecule has 0 radical (unpaired) electrons. The van der Waals surface area contributed by atoms with Crippen LogP contribution in [-0.2, 0) is 46.0 Å². The predicted octanol–water partition coefficient (Wildman–Crippen LogP) is 9.70. The van der Waals surface area contributed by atoms with Crippen LogP contribution < -0.4 is 30.2 Å². The van der Waals surface area contributed by atoms with Crippen molar-refractivity contribution in [2.75, 3.05) is 96.7 Å². The number of ether oxygens (including phenoxy) is 2. The molecule has 2 saturated heterocycles. The Morgan fingerprint density at radius 2 is 0.943 bits per heavy atom. The highest BCUT2D eigenvalue weighted by Crippen LogP contribution is 2.57. The van der Waals surface area contributed by atoms with E-state index < -0.39 is 11.4 Å². The van der Waals surface area contributed by atoms with Crippen LogP contribution in [0.25, 0.3) is 12.2 Å². The molecule has 70 heavy (non-hydrogen) atoms. The number of hydrogen-bond acceptors (Lipinski definition) is 10. The molecule has 2 amide bonds. The first kappa shape index (κ1) is 46.2. The fraction of sp³-hybridized carbons (Fsp3) is 0.483. The Kier molecular flexibility index (Phi) is 11.9. The molecule has 10 nitrogen and oxygen atoms in total. The highest BCUT2D eigenvalue weighted by molar-refractivity contribution is 8.76. The second-order valence-corrected chi connectivity index (χ2v) is 24.4.